The van der Waals surface area contributed by atoms with Crippen LogP contribution in [0.5, 0.6) is 0 Å². The SMILES string of the molecule is COC(=O)CN(CCCCc1ccccc1)C(C)C. The first-order chi connectivity index (χ1) is 9.13. The van der Waals surface area contributed by atoms with Crippen LogP contribution in [0.4, 0.5) is 0 Å². The number of hydrogen-bond acceptors (Lipinski definition) is 3. The summed E-state index contributed by atoms with van der Waals surface area (Å²) in [4.78, 5) is 13.5. The normalized spacial score (nSPS) is 11.0. The van der Waals surface area contributed by atoms with Crippen LogP contribution >= 0.6 is 0 Å². The van der Waals surface area contributed by atoms with E-state index in [0.29, 0.717) is 12.6 Å². The minimum atomic E-state index is -0.156. The number of hydrogen-bond donors (Lipinski definition) is 0. The first-order valence-electron chi connectivity index (χ1n) is 6.98. The van der Waals surface area contributed by atoms with Gasteiger partial charge in [0.2, 0.25) is 0 Å². The van der Waals surface area contributed by atoms with Gasteiger partial charge in [-0.05, 0) is 45.2 Å². The Morgan fingerprint density at radius 3 is 2.47 bits per heavy atom. The topological polar surface area (TPSA) is 29.5 Å². The van der Waals surface area contributed by atoms with Gasteiger partial charge < -0.3 is 4.74 Å². The van der Waals surface area contributed by atoms with Crippen LogP contribution in [0.2, 0.25) is 0 Å². The zero-order valence-corrected chi connectivity index (χ0v) is 12.3. The van der Waals surface area contributed by atoms with Crippen LogP contribution in [0.25, 0.3) is 0 Å². The molecule has 0 aliphatic carbocycles. The maximum Gasteiger partial charge on any atom is 0.319 e. The first kappa shape index (κ1) is 15.7. The summed E-state index contributed by atoms with van der Waals surface area (Å²) in [5.41, 5.74) is 1.38. The molecule has 0 spiro atoms. The van der Waals surface area contributed by atoms with Crippen molar-refractivity contribution in [2.75, 3.05) is 20.2 Å². The van der Waals surface area contributed by atoms with E-state index in [4.69, 9.17) is 4.74 Å². The van der Waals surface area contributed by atoms with Crippen LogP contribution in [-0.2, 0) is 16.0 Å². The van der Waals surface area contributed by atoms with E-state index in [1.807, 2.05) is 6.07 Å². The summed E-state index contributed by atoms with van der Waals surface area (Å²) >= 11 is 0. The van der Waals surface area contributed by atoms with Gasteiger partial charge in [0, 0.05) is 6.04 Å². The molecule has 0 radical (unpaired) electrons. The number of benzene rings is 1. The third-order valence-corrected chi connectivity index (χ3v) is 3.29. The Balaban J connectivity index is 2.27. The molecule has 0 aromatic heterocycles. The molecule has 3 heteroatoms. The second kappa shape index (κ2) is 8.70. The lowest BCUT2D eigenvalue weighted by Crippen LogP contribution is -2.36. The maximum atomic E-state index is 11.3. The van der Waals surface area contributed by atoms with Crippen molar-refractivity contribution >= 4 is 5.97 Å². The molecule has 3 nitrogen and oxygen atoms in total. The Hall–Kier alpha value is -1.35. The smallest absolute Gasteiger partial charge is 0.319 e. The number of carbonyl (C=O) groups excluding carboxylic acids is 1. The second-order valence-electron chi connectivity index (χ2n) is 5.08. The van der Waals surface area contributed by atoms with E-state index in [1.54, 1.807) is 0 Å². The average molecular weight is 263 g/mol. The maximum absolute atomic E-state index is 11.3. The summed E-state index contributed by atoms with van der Waals surface area (Å²) in [7, 11) is 1.44. The van der Waals surface area contributed by atoms with E-state index in [9.17, 15) is 4.79 Å². The molecule has 106 valence electrons. The van der Waals surface area contributed by atoms with Crippen LogP contribution in [0.1, 0.15) is 32.3 Å². The summed E-state index contributed by atoms with van der Waals surface area (Å²) in [5.74, 6) is -0.156. The summed E-state index contributed by atoms with van der Waals surface area (Å²) in [6.07, 6.45) is 3.35. The number of carbonyl (C=O) groups is 1. The molecule has 19 heavy (non-hydrogen) atoms. The molecular weight excluding hydrogens is 238 g/mol. The number of unbranched alkanes of at least 4 members (excludes halogenated alkanes) is 1. The van der Waals surface area contributed by atoms with Crippen LogP contribution in [0.15, 0.2) is 30.3 Å². The molecule has 0 heterocycles. The minimum absolute atomic E-state index is 0.156. The Labute approximate surface area is 116 Å². The van der Waals surface area contributed by atoms with Crippen LogP contribution in [-0.4, -0.2) is 37.1 Å². The van der Waals surface area contributed by atoms with Gasteiger partial charge in [-0.15, -0.1) is 0 Å². The van der Waals surface area contributed by atoms with E-state index in [1.165, 1.54) is 12.7 Å². The fraction of sp³-hybridized carbons (Fsp3) is 0.562. The Kier molecular flexibility index (Phi) is 7.19. The van der Waals surface area contributed by atoms with Crippen molar-refractivity contribution in [2.45, 2.75) is 39.2 Å². The number of esters is 1. The average Bonchev–Trinajstić information content (AvgIpc) is 2.42. The summed E-state index contributed by atoms with van der Waals surface area (Å²) in [6.45, 7) is 5.55. The van der Waals surface area contributed by atoms with Crippen molar-refractivity contribution in [2.24, 2.45) is 0 Å². The largest absolute Gasteiger partial charge is 0.468 e. The Bertz CT molecular complexity index is 362. The van der Waals surface area contributed by atoms with Crippen LogP contribution < -0.4 is 0 Å². The predicted octanol–water partition coefficient (Wildman–Crippen LogP) is 2.89. The molecule has 0 amide bonds. The van der Waals surface area contributed by atoms with Gasteiger partial charge in [0.1, 0.15) is 0 Å². The molecule has 0 unspecified atom stereocenters. The number of rotatable bonds is 8. The number of methoxy groups -OCH3 is 1. The molecule has 0 N–H and O–H groups in total. The van der Waals surface area contributed by atoms with Gasteiger partial charge in [-0.2, -0.15) is 0 Å². The zero-order chi connectivity index (χ0) is 14.1. The van der Waals surface area contributed by atoms with E-state index in [0.717, 1.165) is 25.8 Å². The van der Waals surface area contributed by atoms with Gasteiger partial charge in [-0.3, -0.25) is 9.69 Å². The highest BCUT2D eigenvalue weighted by Crippen LogP contribution is 2.07. The fourth-order valence-corrected chi connectivity index (χ4v) is 2.04. The molecular formula is C16H25NO2. The summed E-state index contributed by atoms with van der Waals surface area (Å²) in [5, 5.41) is 0. The number of nitrogens with zero attached hydrogens (tertiary/aromatic N) is 1. The molecule has 1 rings (SSSR count). The van der Waals surface area contributed by atoms with Crippen molar-refractivity contribution in [1.82, 2.24) is 4.90 Å². The summed E-state index contributed by atoms with van der Waals surface area (Å²) < 4.78 is 4.73. The molecule has 1 aromatic carbocycles. The molecule has 0 fully saturated rings. The van der Waals surface area contributed by atoms with E-state index in [2.05, 4.69) is 43.0 Å². The van der Waals surface area contributed by atoms with Crippen molar-refractivity contribution in [3.05, 3.63) is 35.9 Å². The molecule has 0 aliphatic rings. The fourth-order valence-electron chi connectivity index (χ4n) is 2.04. The Morgan fingerprint density at radius 2 is 1.89 bits per heavy atom. The third kappa shape index (κ3) is 6.39. The molecule has 0 saturated heterocycles. The molecule has 0 atom stereocenters. The van der Waals surface area contributed by atoms with Crippen LogP contribution in [0.3, 0.4) is 0 Å². The summed E-state index contributed by atoms with van der Waals surface area (Å²) in [6, 6.07) is 10.9. The van der Waals surface area contributed by atoms with Crippen molar-refractivity contribution in [3.8, 4) is 0 Å². The predicted molar refractivity (Wildman–Crippen MR) is 78.1 cm³/mol. The van der Waals surface area contributed by atoms with Crippen LogP contribution in [0, 0.1) is 0 Å². The monoisotopic (exact) mass is 263 g/mol. The first-order valence-corrected chi connectivity index (χ1v) is 6.98. The van der Waals surface area contributed by atoms with Crippen molar-refractivity contribution in [3.63, 3.8) is 0 Å². The van der Waals surface area contributed by atoms with Gasteiger partial charge in [0.15, 0.2) is 0 Å². The lowest BCUT2D eigenvalue weighted by molar-refractivity contribution is -0.142. The highest BCUT2D eigenvalue weighted by molar-refractivity contribution is 5.71. The second-order valence-corrected chi connectivity index (χ2v) is 5.08. The Morgan fingerprint density at radius 1 is 1.21 bits per heavy atom. The standard InChI is InChI=1S/C16H25NO2/c1-14(2)17(13-16(18)19-3)12-8-7-11-15-9-5-4-6-10-15/h4-6,9-10,14H,7-8,11-13H2,1-3H3. The van der Waals surface area contributed by atoms with E-state index >= 15 is 0 Å². The molecule has 0 saturated carbocycles. The van der Waals surface area contributed by atoms with Gasteiger partial charge in [-0.25, -0.2) is 0 Å². The molecule has 0 bridgehead atoms. The van der Waals surface area contributed by atoms with Gasteiger partial charge in [-0.1, -0.05) is 30.3 Å². The highest BCUT2D eigenvalue weighted by Gasteiger charge is 2.13. The quantitative estimate of drug-likeness (QED) is 0.533. The van der Waals surface area contributed by atoms with Gasteiger partial charge >= 0.3 is 5.97 Å². The van der Waals surface area contributed by atoms with E-state index in [-0.39, 0.29) is 5.97 Å². The lowest BCUT2D eigenvalue weighted by Gasteiger charge is -2.24. The number of ether oxygens (including phenoxy) is 1. The molecule has 0 aliphatic heterocycles. The zero-order valence-electron chi connectivity index (χ0n) is 12.3. The highest BCUT2D eigenvalue weighted by atomic mass is 16.5. The number of aryl methyl sites for hydroxylation is 1. The minimum Gasteiger partial charge on any atom is -0.468 e. The lowest BCUT2D eigenvalue weighted by atomic mass is 10.1. The van der Waals surface area contributed by atoms with Crippen molar-refractivity contribution < 1.29 is 9.53 Å². The van der Waals surface area contributed by atoms with E-state index < -0.39 is 0 Å². The van der Waals surface area contributed by atoms with Gasteiger partial charge in [0.25, 0.3) is 0 Å². The van der Waals surface area contributed by atoms with Crippen molar-refractivity contribution in [1.29, 1.82) is 0 Å². The molecule has 1 aromatic rings. The van der Waals surface area contributed by atoms with Gasteiger partial charge in [0.05, 0.1) is 13.7 Å². The third-order valence-electron chi connectivity index (χ3n) is 3.29.